The van der Waals surface area contributed by atoms with Crippen molar-refractivity contribution in [3.05, 3.63) is 42.2 Å². The van der Waals surface area contributed by atoms with Crippen LogP contribution in [0.5, 0.6) is 0 Å². The van der Waals surface area contributed by atoms with E-state index in [4.69, 9.17) is 5.73 Å². The minimum atomic E-state index is 0.821. The Morgan fingerprint density at radius 2 is 2.12 bits per heavy atom. The van der Waals surface area contributed by atoms with Crippen LogP contribution in [0.3, 0.4) is 0 Å². The molecule has 0 bridgehead atoms. The predicted molar refractivity (Wildman–Crippen MR) is 71.0 cm³/mol. The Morgan fingerprint density at radius 3 is 2.76 bits per heavy atom. The lowest BCUT2D eigenvalue weighted by Gasteiger charge is -2.20. The van der Waals surface area contributed by atoms with Crippen molar-refractivity contribution >= 4 is 11.4 Å². The highest BCUT2D eigenvalue weighted by molar-refractivity contribution is 5.66. The summed E-state index contributed by atoms with van der Waals surface area (Å²) >= 11 is 0. The van der Waals surface area contributed by atoms with Crippen LogP contribution in [0.15, 0.2) is 36.7 Å². The van der Waals surface area contributed by atoms with E-state index in [1.165, 1.54) is 5.56 Å². The van der Waals surface area contributed by atoms with Gasteiger partial charge in [0, 0.05) is 26.8 Å². The van der Waals surface area contributed by atoms with Crippen LogP contribution in [-0.4, -0.2) is 23.4 Å². The fraction of sp³-hybridized carbons (Fsp3) is 0.308. The standard InChI is InChI=1S/C13H18N4/c1-16(13-6-4-3-5-12(13)14)8-7-11-9-15-17(2)10-11/h3-6,9-10H,7-8,14H2,1-2H3. The minimum Gasteiger partial charge on any atom is -0.397 e. The highest BCUT2D eigenvalue weighted by Gasteiger charge is 2.05. The summed E-state index contributed by atoms with van der Waals surface area (Å²) in [5.41, 5.74) is 9.08. The lowest BCUT2D eigenvalue weighted by molar-refractivity contribution is 0.766. The number of nitrogens with two attached hydrogens (primary N) is 1. The number of rotatable bonds is 4. The molecular formula is C13H18N4. The number of para-hydroxylation sites is 2. The Balaban J connectivity index is 1.98. The van der Waals surface area contributed by atoms with Gasteiger partial charge in [0.25, 0.3) is 0 Å². The fourth-order valence-corrected chi connectivity index (χ4v) is 1.85. The van der Waals surface area contributed by atoms with Gasteiger partial charge < -0.3 is 10.6 Å². The normalized spacial score (nSPS) is 10.5. The van der Waals surface area contributed by atoms with Crippen molar-refractivity contribution in [2.24, 2.45) is 7.05 Å². The Kier molecular flexibility index (Phi) is 3.32. The fourth-order valence-electron chi connectivity index (χ4n) is 1.85. The Labute approximate surface area is 102 Å². The van der Waals surface area contributed by atoms with Gasteiger partial charge in [0.2, 0.25) is 0 Å². The molecule has 90 valence electrons. The summed E-state index contributed by atoms with van der Waals surface area (Å²) in [7, 11) is 3.99. The minimum absolute atomic E-state index is 0.821. The van der Waals surface area contributed by atoms with Crippen LogP contribution in [0.4, 0.5) is 11.4 Å². The van der Waals surface area contributed by atoms with E-state index in [9.17, 15) is 0 Å². The van der Waals surface area contributed by atoms with Crippen LogP contribution in [0.2, 0.25) is 0 Å². The van der Waals surface area contributed by atoms with Crippen LogP contribution >= 0.6 is 0 Å². The van der Waals surface area contributed by atoms with E-state index in [1.807, 2.05) is 48.4 Å². The lowest BCUT2D eigenvalue weighted by atomic mass is 10.2. The van der Waals surface area contributed by atoms with Gasteiger partial charge in [-0.3, -0.25) is 4.68 Å². The number of aromatic nitrogens is 2. The first-order valence-electron chi connectivity index (χ1n) is 5.70. The van der Waals surface area contributed by atoms with Gasteiger partial charge in [-0.05, 0) is 24.1 Å². The van der Waals surface area contributed by atoms with Gasteiger partial charge in [0.1, 0.15) is 0 Å². The van der Waals surface area contributed by atoms with Gasteiger partial charge in [-0.2, -0.15) is 5.10 Å². The number of anilines is 2. The quantitative estimate of drug-likeness (QED) is 0.813. The van der Waals surface area contributed by atoms with Gasteiger partial charge in [0.15, 0.2) is 0 Å². The summed E-state index contributed by atoms with van der Waals surface area (Å²) in [5, 5.41) is 4.16. The number of nitrogens with zero attached hydrogens (tertiary/aromatic N) is 3. The molecule has 17 heavy (non-hydrogen) atoms. The molecule has 0 unspecified atom stereocenters. The average molecular weight is 230 g/mol. The van der Waals surface area contributed by atoms with Gasteiger partial charge in [-0.15, -0.1) is 0 Å². The maximum Gasteiger partial charge on any atom is 0.0597 e. The molecule has 4 nitrogen and oxygen atoms in total. The third kappa shape index (κ3) is 2.78. The van der Waals surface area contributed by atoms with Crippen LogP contribution in [0.1, 0.15) is 5.56 Å². The van der Waals surface area contributed by atoms with Gasteiger partial charge in [-0.1, -0.05) is 12.1 Å². The van der Waals surface area contributed by atoms with Crippen LogP contribution in [-0.2, 0) is 13.5 Å². The van der Waals surface area contributed by atoms with Crippen molar-refractivity contribution in [3.63, 3.8) is 0 Å². The molecule has 0 aliphatic rings. The monoisotopic (exact) mass is 230 g/mol. The Hall–Kier alpha value is -1.97. The Bertz CT molecular complexity index is 490. The van der Waals surface area contributed by atoms with Crippen molar-refractivity contribution in [2.45, 2.75) is 6.42 Å². The molecular weight excluding hydrogens is 212 g/mol. The zero-order chi connectivity index (χ0) is 12.3. The molecule has 0 fully saturated rings. The number of benzene rings is 1. The maximum absolute atomic E-state index is 5.94. The largest absolute Gasteiger partial charge is 0.397 e. The first-order valence-corrected chi connectivity index (χ1v) is 5.70. The molecule has 0 radical (unpaired) electrons. The number of nitrogen functional groups attached to an aromatic ring is 1. The smallest absolute Gasteiger partial charge is 0.0597 e. The van der Waals surface area contributed by atoms with Crippen LogP contribution in [0, 0.1) is 0 Å². The summed E-state index contributed by atoms with van der Waals surface area (Å²) < 4.78 is 1.83. The van der Waals surface area contributed by atoms with Crippen LogP contribution in [0.25, 0.3) is 0 Å². The average Bonchev–Trinajstić information content (AvgIpc) is 2.73. The van der Waals surface area contributed by atoms with Gasteiger partial charge in [-0.25, -0.2) is 0 Å². The van der Waals surface area contributed by atoms with E-state index in [1.54, 1.807) is 0 Å². The number of hydrogen-bond acceptors (Lipinski definition) is 3. The van der Waals surface area contributed by atoms with E-state index >= 15 is 0 Å². The molecule has 0 aliphatic carbocycles. The highest BCUT2D eigenvalue weighted by Crippen LogP contribution is 2.21. The summed E-state index contributed by atoms with van der Waals surface area (Å²) in [4.78, 5) is 2.17. The SMILES string of the molecule is CN(CCc1cnn(C)c1)c1ccccc1N. The van der Waals surface area contributed by atoms with Crippen molar-refractivity contribution in [1.82, 2.24) is 9.78 Å². The highest BCUT2D eigenvalue weighted by atomic mass is 15.2. The molecule has 0 saturated heterocycles. The molecule has 2 N–H and O–H groups in total. The van der Waals surface area contributed by atoms with E-state index < -0.39 is 0 Å². The summed E-state index contributed by atoms with van der Waals surface area (Å²) in [6.07, 6.45) is 4.92. The van der Waals surface area contributed by atoms with Crippen molar-refractivity contribution < 1.29 is 0 Å². The zero-order valence-corrected chi connectivity index (χ0v) is 10.3. The van der Waals surface area contributed by atoms with E-state index in [0.29, 0.717) is 0 Å². The van der Waals surface area contributed by atoms with Gasteiger partial charge >= 0.3 is 0 Å². The first-order chi connectivity index (χ1) is 8.16. The lowest BCUT2D eigenvalue weighted by Crippen LogP contribution is -2.21. The van der Waals surface area contributed by atoms with Crippen molar-refractivity contribution in [2.75, 3.05) is 24.2 Å². The summed E-state index contributed by atoms with van der Waals surface area (Å²) in [6.45, 7) is 0.930. The van der Waals surface area contributed by atoms with E-state index in [-0.39, 0.29) is 0 Å². The number of aryl methyl sites for hydroxylation is 1. The van der Waals surface area contributed by atoms with E-state index in [0.717, 1.165) is 24.3 Å². The van der Waals surface area contributed by atoms with Crippen LogP contribution < -0.4 is 10.6 Å². The second-order valence-electron chi connectivity index (χ2n) is 4.25. The second kappa shape index (κ2) is 4.91. The van der Waals surface area contributed by atoms with Crippen molar-refractivity contribution in [1.29, 1.82) is 0 Å². The zero-order valence-electron chi connectivity index (χ0n) is 10.3. The second-order valence-corrected chi connectivity index (χ2v) is 4.25. The molecule has 4 heteroatoms. The molecule has 0 spiro atoms. The van der Waals surface area contributed by atoms with Crippen molar-refractivity contribution in [3.8, 4) is 0 Å². The molecule has 1 aromatic carbocycles. The molecule has 0 saturated carbocycles. The number of likely N-dealkylation sites (N-methyl/N-ethyl adjacent to an activating group) is 1. The summed E-state index contributed by atoms with van der Waals surface area (Å²) in [6, 6.07) is 7.93. The first kappa shape index (κ1) is 11.5. The Morgan fingerprint density at radius 1 is 1.35 bits per heavy atom. The van der Waals surface area contributed by atoms with E-state index in [2.05, 4.69) is 17.0 Å². The molecule has 1 heterocycles. The topological polar surface area (TPSA) is 47.1 Å². The third-order valence-corrected chi connectivity index (χ3v) is 2.84. The molecule has 1 aromatic heterocycles. The molecule has 2 rings (SSSR count). The molecule has 0 aliphatic heterocycles. The predicted octanol–water partition coefficient (Wildman–Crippen LogP) is 1.68. The van der Waals surface area contributed by atoms with Gasteiger partial charge in [0.05, 0.1) is 17.6 Å². The number of hydrogen-bond donors (Lipinski definition) is 1. The molecule has 2 aromatic rings. The molecule has 0 atom stereocenters. The summed E-state index contributed by atoms with van der Waals surface area (Å²) in [5.74, 6) is 0. The molecule has 0 amide bonds. The third-order valence-electron chi connectivity index (χ3n) is 2.84. The maximum atomic E-state index is 5.94.